The summed E-state index contributed by atoms with van der Waals surface area (Å²) in [5, 5.41) is 9.91. The molecule has 6 nitrogen and oxygen atoms in total. The molecule has 0 saturated carbocycles. The van der Waals surface area contributed by atoms with Gasteiger partial charge in [0, 0.05) is 24.1 Å². The molecule has 29 heavy (non-hydrogen) atoms. The van der Waals surface area contributed by atoms with Crippen molar-refractivity contribution in [1.82, 2.24) is 24.6 Å². The first kappa shape index (κ1) is 21.3. The average Bonchev–Trinajstić information content (AvgIpc) is 3.08. The number of methoxy groups -OCH3 is 1. The number of nitrogens with zero attached hydrogens (tertiary/aromatic N) is 5. The fraction of sp³-hybridized carbons (Fsp3) is 0.409. The van der Waals surface area contributed by atoms with Gasteiger partial charge in [0.05, 0.1) is 25.0 Å². The van der Waals surface area contributed by atoms with Gasteiger partial charge in [-0.2, -0.15) is 0 Å². The van der Waals surface area contributed by atoms with E-state index in [9.17, 15) is 0 Å². The molecule has 0 saturated heterocycles. The first-order chi connectivity index (χ1) is 14.0. The maximum atomic E-state index is 5.42. The van der Waals surface area contributed by atoms with Crippen molar-refractivity contribution in [1.29, 1.82) is 0 Å². The highest BCUT2D eigenvalue weighted by molar-refractivity contribution is 7.99. The molecule has 2 heterocycles. The van der Waals surface area contributed by atoms with Gasteiger partial charge in [0.15, 0.2) is 11.0 Å². The van der Waals surface area contributed by atoms with Gasteiger partial charge in [-0.05, 0) is 44.2 Å². The first-order valence-corrected chi connectivity index (χ1v) is 10.8. The highest BCUT2D eigenvalue weighted by atomic mass is 32.2. The zero-order valence-electron chi connectivity index (χ0n) is 17.8. The number of ether oxygens (including phenoxy) is 1. The maximum Gasteiger partial charge on any atom is 0.195 e. The van der Waals surface area contributed by atoms with Crippen molar-refractivity contribution in [2.75, 3.05) is 19.9 Å². The quantitative estimate of drug-likeness (QED) is 0.488. The Hall–Kier alpha value is -2.38. The van der Waals surface area contributed by atoms with Crippen LogP contribution in [-0.2, 0) is 13.1 Å². The fourth-order valence-electron chi connectivity index (χ4n) is 3.01. The van der Waals surface area contributed by atoms with Crippen LogP contribution in [-0.4, -0.2) is 44.6 Å². The molecule has 7 heteroatoms. The standard InChI is InChI=1S/C22H29N5OS/c1-16(2)15-29-22-25-24-21(27(22)19-10-7-11-20(12-19)28-5)14-26(4)13-18-9-6-8-17(3)23-18/h6-12,16H,13-15H2,1-5H3. The number of hydrogen-bond donors (Lipinski definition) is 0. The third-order valence-corrected chi connectivity index (χ3v) is 5.70. The van der Waals surface area contributed by atoms with E-state index < -0.39 is 0 Å². The highest BCUT2D eigenvalue weighted by Crippen LogP contribution is 2.26. The third-order valence-electron chi connectivity index (χ3n) is 4.35. The molecule has 0 unspecified atom stereocenters. The van der Waals surface area contributed by atoms with E-state index in [-0.39, 0.29) is 0 Å². The summed E-state index contributed by atoms with van der Waals surface area (Å²) < 4.78 is 7.56. The lowest BCUT2D eigenvalue weighted by Gasteiger charge is -2.18. The third kappa shape index (κ3) is 5.81. The maximum absolute atomic E-state index is 5.42. The molecule has 2 aromatic heterocycles. The topological polar surface area (TPSA) is 56.1 Å². The number of thioether (sulfide) groups is 1. The molecule has 0 aliphatic rings. The van der Waals surface area contributed by atoms with E-state index in [1.54, 1.807) is 18.9 Å². The number of rotatable bonds is 9. The van der Waals surface area contributed by atoms with Gasteiger partial charge < -0.3 is 4.74 Å². The van der Waals surface area contributed by atoms with E-state index in [2.05, 4.69) is 57.7 Å². The molecule has 154 valence electrons. The Balaban J connectivity index is 1.87. The number of aromatic nitrogens is 4. The van der Waals surface area contributed by atoms with Crippen molar-refractivity contribution in [2.24, 2.45) is 5.92 Å². The predicted molar refractivity (Wildman–Crippen MR) is 118 cm³/mol. The second kappa shape index (κ2) is 9.89. The minimum absolute atomic E-state index is 0.578. The highest BCUT2D eigenvalue weighted by Gasteiger charge is 2.17. The van der Waals surface area contributed by atoms with E-state index >= 15 is 0 Å². The Labute approximate surface area is 177 Å². The van der Waals surface area contributed by atoms with Crippen molar-refractivity contribution in [3.63, 3.8) is 0 Å². The molecular formula is C22H29N5OS. The second-order valence-corrected chi connectivity index (χ2v) is 8.57. The van der Waals surface area contributed by atoms with Crippen LogP contribution in [0.4, 0.5) is 0 Å². The van der Waals surface area contributed by atoms with Crippen molar-refractivity contribution < 1.29 is 4.74 Å². The van der Waals surface area contributed by atoms with Crippen LogP contribution < -0.4 is 4.74 Å². The lowest BCUT2D eigenvalue weighted by atomic mass is 10.3. The second-order valence-electron chi connectivity index (χ2n) is 7.58. The number of pyridine rings is 1. The zero-order chi connectivity index (χ0) is 20.8. The van der Waals surface area contributed by atoms with E-state index in [1.807, 2.05) is 37.3 Å². The molecule has 0 radical (unpaired) electrons. The van der Waals surface area contributed by atoms with Gasteiger partial charge in [0.2, 0.25) is 0 Å². The summed E-state index contributed by atoms with van der Waals surface area (Å²) in [6.45, 7) is 7.86. The molecule has 0 bridgehead atoms. The molecule has 1 aromatic carbocycles. The van der Waals surface area contributed by atoms with Crippen LogP contribution in [0.25, 0.3) is 5.69 Å². The smallest absolute Gasteiger partial charge is 0.195 e. The SMILES string of the molecule is COc1cccc(-n2c(CN(C)Cc3cccc(C)n3)nnc2SCC(C)C)c1. The minimum Gasteiger partial charge on any atom is -0.497 e. The van der Waals surface area contributed by atoms with Gasteiger partial charge in [0.1, 0.15) is 5.75 Å². The molecule has 3 rings (SSSR count). The van der Waals surface area contributed by atoms with Crippen LogP contribution in [0, 0.1) is 12.8 Å². The Morgan fingerprint density at radius 3 is 2.62 bits per heavy atom. The van der Waals surface area contributed by atoms with Crippen LogP contribution in [0.2, 0.25) is 0 Å². The molecule has 3 aromatic rings. The summed E-state index contributed by atoms with van der Waals surface area (Å²) in [5.41, 5.74) is 3.09. The predicted octanol–water partition coefficient (Wildman–Crippen LogP) is 4.36. The number of hydrogen-bond acceptors (Lipinski definition) is 6. The van der Waals surface area contributed by atoms with Crippen LogP contribution in [0.15, 0.2) is 47.6 Å². The first-order valence-electron chi connectivity index (χ1n) is 9.79. The summed E-state index contributed by atoms with van der Waals surface area (Å²) >= 11 is 1.73. The molecule has 0 amide bonds. The van der Waals surface area contributed by atoms with Crippen LogP contribution in [0.5, 0.6) is 5.75 Å². The summed E-state index contributed by atoms with van der Waals surface area (Å²) in [4.78, 5) is 6.81. The molecule has 0 atom stereocenters. The Morgan fingerprint density at radius 1 is 1.10 bits per heavy atom. The summed E-state index contributed by atoms with van der Waals surface area (Å²) in [5.74, 6) is 3.29. The Morgan fingerprint density at radius 2 is 1.90 bits per heavy atom. The van der Waals surface area contributed by atoms with Gasteiger partial charge in [-0.15, -0.1) is 10.2 Å². The lowest BCUT2D eigenvalue weighted by Crippen LogP contribution is -2.20. The van der Waals surface area contributed by atoms with E-state index in [1.165, 1.54) is 0 Å². The van der Waals surface area contributed by atoms with E-state index in [0.717, 1.165) is 46.1 Å². The molecular weight excluding hydrogens is 382 g/mol. The van der Waals surface area contributed by atoms with Crippen LogP contribution in [0.3, 0.4) is 0 Å². The van der Waals surface area contributed by atoms with E-state index in [0.29, 0.717) is 12.5 Å². The summed E-state index contributed by atoms with van der Waals surface area (Å²) in [6.07, 6.45) is 0. The Kier molecular flexibility index (Phi) is 7.28. The van der Waals surface area contributed by atoms with Crippen molar-refractivity contribution in [3.05, 3.63) is 59.7 Å². The summed E-state index contributed by atoms with van der Waals surface area (Å²) in [7, 11) is 3.76. The molecule has 0 aliphatic heterocycles. The monoisotopic (exact) mass is 411 g/mol. The lowest BCUT2D eigenvalue weighted by molar-refractivity contribution is 0.304. The van der Waals surface area contributed by atoms with E-state index in [4.69, 9.17) is 4.74 Å². The fourth-order valence-corrected chi connectivity index (χ4v) is 3.93. The minimum atomic E-state index is 0.578. The van der Waals surface area contributed by atoms with Gasteiger partial charge in [-0.1, -0.05) is 37.7 Å². The number of aryl methyl sites for hydroxylation is 1. The van der Waals surface area contributed by atoms with Gasteiger partial charge >= 0.3 is 0 Å². The largest absolute Gasteiger partial charge is 0.497 e. The van der Waals surface area contributed by atoms with Crippen LogP contribution >= 0.6 is 11.8 Å². The zero-order valence-corrected chi connectivity index (χ0v) is 18.6. The van der Waals surface area contributed by atoms with Crippen molar-refractivity contribution in [3.8, 4) is 11.4 Å². The van der Waals surface area contributed by atoms with Crippen molar-refractivity contribution >= 4 is 11.8 Å². The average molecular weight is 412 g/mol. The van der Waals surface area contributed by atoms with Gasteiger partial charge in [0.25, 0.3) is 0 Å². The van der Waals surface area contributed by atoms with Crippen LogP contribution in [0.1, 0.15) is 31.1 Å². The van der Waals surface area contributed by atoms with Gasteiger partial charge in [-0.25, -0.2) is 0 Å². The normalized spacial score (nSPS) is 11.4. The Bertz CT molecular complexity index is 940. The molecule has 0 aliphatic carbocycles. The molecule has 0 fully saturated rings. The summed E-state index contributed by atoms with van der Waals surface area (Å²) in [6, 6.07) is 14.1. The van der Waals surface area contributed by atoms with Gasteiger partial charge in [-0.3, -0.25) is 14.5 Å². The number of benzene rings is 1. The molecule has 0 spiro atoms. The molecule has 0 N–H and O–H groups in total. The van der Waals surface area contributed by atoms with Crippen molar-refractivity contribution in [2.45, 2.75) is 39.0 Å².